The molecule has 1 aromatic heterocycles. The molecular weight excluding hydrogens is 344 g/mol. The molecule has 1 aromatic carbocycles. The minimum absolute atomic E-state index is 0. The summed E-state index contributed by atoms with van der Waals surface area (Å²) in [6.07, 6.45) is 3.90. The Bertz CT molecular complexity index is 653. The van der Waals surface area contributed by atoms with Gasteiger partial charge in [0, 0.05) is 30.8 Å². The summed E-state index contributed by atoms with van der Waals surface area (Å²) in [4.78, 5) is 0. The lowest BCUT2D eigenvalue weighted by atomic mass is 9.98. The Hall–Kier alpha value is -1.34. The highest BCUT2D eigenvalue weighted by molar-refractivity contribution is 6.30. The molecule has 0 aliphatic carbocycles. The summed E-state index contributed by atoms with van der Waals surface area (Å²) in [7, 11) is 0. The van der Waals surface area contributed by atoms with Crippen LogP contribution < -0.4 is 10.5 Å². The second-order valence-corrected chi connectivity index (χ2v) is 5.75. The first-order chi connectivity index (χ1) is 10.6. The Kier molecular flexibility index (Phi) is 6.24. The molecule has 0 amide bonds. The molecule has 0 bridgehead atoms. The Morgan fingerprint density at radius 3 is 2.96 bits per heavy atom. The maximum atomic E-state index is 14.1. The van der Waals surface area contributed by atoms with E-state index < -0.39 is 5.82 Å². The van der Waals surface area contributed by atoms with Crippen LogP contribution in [0.2, 0.25) is 5.02 Å². The normalized spacial score (nSPS) is 20.8. The van der Waals surface area contributed by atoms with E-state index in [0.29, 0.717) is 30.5 Å². The third kappa shape index (κ3) is 4.35. The highest BCUT2D eigenvalue weighted by Crippen LogP contribution is 2.23. The molecule has 126 valence electrons. The standard InChI is InChI=1S/C15H17ClFN3O2.ClH/c16-11-6-19-20(7-11)12-1-2-15(13(17)5-12)22-9-10-8-21-4-3-14(10)18;/h1-2,5-7,10,14H,3-4,8-9,18H2;1H/t10-,14+;/m1./s1. The fourth-order valence-corrected chi connectivity index (χ4v) is 2.51. The highest BCUT2D eigenvalue weighted by atomic mass is 35.5. The van der Waals surface area contributed by atoms with Crippen molar-refractivity contribution < 1.29 is 13.9 Å². The molecule has 0 saturated carbocycles. The van der Waals surface area contributed by atoms with Gasteiger partial charge in [-0.3, -0.25) is 0 Å². The van der Waals surface area contributed by atoms with Gasteiger partial charge in [-0.25, -0.2) is 9.07 Å². The van der Waals surface area contributed by atoms with Crippen molar-refractivity contribution in [2.45, 2.75) is 12.5 Å². The molecule has 23 heavy (non-hydrogen) atoms. The quantitative estimate of drug-likeness (QED) is 0.909. The number of ether oxygens (including phenoxy) is 2. The second-order valence-electron chi connectivity index (χ2n) is 5.32. The van der Waals surface area contributed by atoms with Gasteiger partial charge in [0.25, 0.3) is 0 Å². The smallest absolute Gasteiger partial charge is 0.167 e. The minimum Gasteiger partial charge on any atom is -0.490 e. The number of rotatable bonds is 4. The maximum absolute atomic E-state index is 14.1. The summed E-state index contributed by atoms with van der Waals surface area (Å²) in [6, 6.07) is 4.69. The van der Waals surface area contributed by atoms with Crippen molar-refractivity contribution in [2.24, 2.45) is 11.7 Å². The van der Waals surface area contributed by atoms with E-state index in [1.807, 2.05) is 0 Å². The summed E-state index contributed by atoms with van der Waals surface area (Å²) >= 11 is 5.81. The average molecular weight is 362 g/mol. The molecule has 1 aliphatic rings. The summed E-state index contributed by atoms with van der Waals surface area (Å²) < 4.78 is 26.6. The van der Waals surface area contributed by atoms with E-state index in [1.165, 1.54) is 16.9 Å². The summed E-state index contributed by atoms with van der Waals surface area (Å²) in [5, 5.41) is 4.52. The number of aromatic nitrogens is 2. The molecule has 0 unspecified atom stereocenters. The Balaban J connectivity index is 0.00000192. The van der Waals surface area contributed by atoms with E-state index in [0.717, 1.165) is 6.42 Å². The molecule has 0 radical (unpaired) electrons. The van der Waals surface area contributed by atoms with Crippen LogP contribution in [0.15, 0.2) is 30.6 Å². The number of benzene rings is 1. The van der Waals surface area contributed by atoms with Crippen molar-refractivity contribution in [1.29, 1.82) is 0 Å². The van der Waals surface area contributed by atoms with Crippen molar-refractivity contribution in [1.82, 2.24) is 9.78 Å². The third-order valence-electron chi connectivity index (χ3n) is 3.72. The first kappa shape index (κ1) is 18.0. The summed E-state index contributed by atoms with van der Waals surface area (Å²) in [6.45, 7) is 1.56. The van der Waals surface area contributed by atoms with Gasteiger partial charge in [-0.05, 0) is 18.6 Å². The Morgan fingerprint density at radius 2 is 2.30 bits per heavy atom. The molecule has 8 heteroatoms. The number of hydrogen-bond donors (Lipinski definition) is 1. The van der Waals surface area contributed by atoms with Gasteiger partial charge < -0.3 is 15.2 Å². The third-order valence-corrected chi connectivity index (χ3v) is 3.91. The van der Waals surface area contributed by atoms with Crippen LogP contribution in [0.5, 0.6) is 5.75 Å². The zero-order chi connectivity index (χ0) is 15.5. The first-order valence-corrected chi connectivity index (χ1v) is 7.47. The van der Waals surface area contributed by atoms with E-state index in [2.05, 4.69) is 5.10 Å². The zero-order valence-corrected chi connectivity index (χ0v) is 13.9. The van der Waals surface area contributed by atoms with Crippen molar-refractivity contribution in [2.75, 3.05) is 19.8 Å². The van der Waals surface area contributed by atoms with Crippen molar-refractivity contribution in [3.8, 4) is 11.4 Å². The lowest BCUT2D eigenvalue weighted by molar-refractivity contribution is 0.0220. The van der Waals surface area contributed by atoms with Crippen molar-refractivity contribution in [3.63, 3.8) is 0 Å². The SMILES string of the molecule is Cl.N[C@H]1CCOC[C@@H]1COc1ccc(-n2cc(Cl)cn2)cc1F. The largest absolute Gasteiger partial charge is 0.490 e. The van der Waals surface area contributed by atoms with Gasteiger partial charge in [0.05, 0.1) is 30.1 Å². The van der Waals surface area contributed by atoms with E-state index in [1.54, 1.807) is 18.3 Å². The van der Waals surface area contributed by atoms with Crippen LogP contribution in [0.3, 0.4) is 0 Å². The minimum atomic E-state index is -0.450. The number of nitrogens with two attached hydrogens (primary N) is 1. The van der Waals surface area contributed by atoms with Crippen LogP contribution in [0.4, 0.5) is 4.39 Å². The predicted octanol–water partition coefficient (Wildman–Crippen LogP) is 2.83. The second kappa shape index (κ2) is 7.97. The molecule has 2 heterocycles. The van der Waals surface area contributed by atoms with Gasteiger partial charge in [-0.15, -0.1) is 12.4 Å². The molecule has 3 rings (SSSR count). The van der Waals surface area contributed by atoms with Crippen molar-refractivity contribution in [3.05, 3.63) is 41.4 Å². The van der Waals surface area contributed by atoms with Gasteiger partial charge in [0.15, 0.2) is 11.6 Å². The van der Waals surface area contributed by atoms with Crippen LogP contribution in [0, 0.1) is 11.7 Å². The monoisotopic (exact) mass is 361 g/mol. The van der Waals surface area contributed by atoms with Gasteiger partial charge in [-0.2, -0.15) is 5.10 Å². The molecule has 1 fully saturated rings. The molecule has 1 aliphatic heterocycles. The van der Waals surface area contributed by atoms with Gasteiger partial charge in [0.2, 0.25) is 0 Å². The van der Waals surface area contributed by atoms with E-state index >= 15 is 0 Å². The van der Waals surface area contributed by atoms with E-state index in [-0.39, 0.29) is 30.1 Å². The van der Waals surface area contributed by atoms with Gasteiger partial charge in [0.1, 0.15) is 0 Å². The fourth-order valence-electron chi connectivity index (χ4n) is 2.37. The molecule has 2 N–H and O–H groups in total. The van der Waals surface area contributed by atoms with E-state index in [9.17, 15) is 4.39 Å². The van der Waals surface area contributed by atoms with Crippen LogP contribution >= 0.6 is 24.0 Å². The Morgan fingerprint density at radius 1 is 1.48 bits per heavy atom. The van der Waals surface area contributed by atoms with Crippen LogP contribution in [-0.4, -0.2) is 35.6 Å². The number of nitrogens with zero attached hydrogens (tertiary/aromatic N) is 2. The molecule has 0 spiro atoms. The van der Waals surface area contributed by atoms with Crippen LogP contribution in [0.25, 0.3) is 5.69 Å². The number of hydrogen-bond acceptors (Lipinski definition) is 4. The topological polar surface area (TPSA) is 62.3 Å². The summed E-state index contributed by atoms with van der Waals surface area (Å²) in [5.74, 6) is -0.174. The fraction of sp³-hybridized carbons (Fsp3) is 0.400. The van der Waals surface area contributed by atoms with Crippen LogP contribution in [-0.2, 0) is 4.74 Å². The molecular formula is C15H18Cl2FN3O2. The highest BCUT2D eigenvalue weighted by Gasteiger charge is 2.23. The number of halogens is 3. The maximum Gasteiger partial charge on any atom is 0.167 e. The lowest BCUT2D eigenvalue weighted by Crippen LogP contribution is -2.41. The predicted molar refractivity (Wildman–Crippen MR) is 88.2 cm³/mol. The van der Waals surface area contributed by atoms with E-state index in [4.69, 9.17) is 26.8 Å². The van der Waals surface area contributed by atoms with Crippen LogP contribution in [0.1, 0.15) is 6.42 Å². The van der Waals surface area contributed by atoms with Gasteiger partial charge >= 0.3 is 0 Å². The average Bonchev–Trinajstić information content (AvgIpc) is 2.94. The Labute approximate surface area is 144 Å². The lowest BCUT2D eigenvalue weighted by Gasteiger charge is -2.28. The summed E-state index contributed by atoms with van der Waals surface area (Å²) in [5.41, 5.74) is 6.58. The first-order valence-electron chi connectivity index (χ1n) is 7.09. The molecule has 5 nitrogen and oxygen atoms in total. The molecule has 1 saturated heterocycles. The van der Waals surface area contributed by atoms with Gasteiger partial charge in [-0.1, -0.05) is 11.6 Å². The zero-order valence-electron chi connectivity index (χ0n) is 12.3. The van der Waals surface area contributed by atoms with Crippen molar-refractivity contribution >= 4 is 24.0 Å². The molecule has 2 atom stereocenters. The molecule has 2 aromatic rings.